The van der Waals surface area contributed by atoms with Crippen molar-refractivity contribution in [3.8, 4) is 5.75 Å². The van der Waals surface area contributed by atoms with E-state index in [1.807, 2.05) is 6.07 Å². The van der Waals surface area contributed by atoms with Gasteiger partial charge in [0.05, 0.1) is 12.3 Å². The van der Waals surface area contributed by atoms with Crippen LogP contribution in [0.2, 0.25) is 5.02 Å². The second kappa shape index (κ2) is 10.8. The molecule has 1 N–H and O–H groups in total. The molecule has 0 spiro atoms. The third-order valence-corrected chi connectivity index (χ3v) is 5.77. The van der Waals surface area contributed by atoms with Crippen LogP contribution in [0.5, 0.6) is 5.75 Å². The van der Waals surface area contributed by atoms with Crippen LogP contribution in [0.15, 0.2) is 46.4 Å². The van der Waals surface area contributed by atoms with Gasteiger partial charge in [0, 0.05) is 15.1 Å². The quantitative estimate of drug-likeness (QED) is 0.262. The number of hydrogen-bond donors (Lipinski definition) is 1. The lowest BCUT2D eigenvalue weighted by atomic mass is 10.0. The fourth-order valence-corrected chi connectivity index (χ4v) is 3.87. The zero-order valence-corrected chi connectivity index (χ0v) is 20.3. The number of aryl methyl sites for hydroxylation is 1. The van der Waals surface area contributed by atoms with Gasteiger partial charge in [0.15, 0.2) is 0 Å². The molecule has 8 heteroatoms. The van der Waals surface area contributed by atoms with E-state index in [-0.39, 0.29) is 5.57 Å². The van der Waals surface area contributed by atoms with Crippen molar-refractivity contribution in [2.75, 3.05) is 11.5 Å². The molecule has 1 fully saturated rings. The van der Waals surface area contributed by atoms with E-state index < -0.39 is 17.8 Å². The van der Waals surface area contributed by atoms with Crippen LogP contribution in [-0.2, 0) is 9.59 Å². The summed E-state index contributed by atoms with van der Waals surface area (Å²) >= 11 is 9.49. The molecule has 4 amide bonds. The molecule has 0 bridgehead atoms. The van der Waals surface area contributed by atoms with Gasteiger partial charge in [0.1, 0.15) is 11.3 Å². The number of nitrogens with one attached hydrogen (secondary N) is 1. The molecule has 6 nitrogen and oxygen atoms in total. The summed E-state index contributed by atoms with van der Waals surface area (Å²) in [7, 11) is 0. The van der Waals surface area contributed by atoms with Crippen molar-refractivity contribution >= 4 is 57.1 Å². The van der Waals surface area contributed by atoms with Crippen LogP contribution in [0.3, 0.4) is 0 Å². The van der Waals surface area contributed by atoms with Crippen molar-refractivity contribution < 1.29 is 19.1 Å². The lowest BCUT2D eigenvalue weighted by molar-refractivity contribution is -0.122. The molecular formula is C24H24BrClN2O4. The first-order valence-corrected chi connectivity index (χ1v) is 11.6. The average Bonchev–Trinajstić information content (AvgIpc) is 2.74. The first-order valence-electron chi connectivity index (χ1n) is 10.4. The Labute approximate surface area is 200 Å². The third kappa shape index (κ3) is 5.58. The molecule has 0 unspecified atom stereocenters. The largest absolute Gasteiger partial charge is 0.493 e. The van der Waals surface area contributed by atoms with Crippen LogP contribution in [0.1, 0.15) is 43.7 Å². The number of nitrogens with zero attached hydrogens (tertiary/aromatic N) is 1. The third-order valence-electron chi connectivity index (χ3n) is 5.04. The smallest absolute Gasteiger partial charge is 0.335 e. The first kappa shape index (κ1) is 24.0. The molecule has 0 saturated carbocycles. The summed E-state index contributed by atoms with van der Waals surface area (Å²) in [6.07, 6.45) is 5.70. The Morgan fingerprint density at radius 2 is 1.88 bits per heavy atom. The Kier molecular flexibility index (Phi) is 8.10. The number of benzene rings is 2. The zero-order valence-electron chi connectivity index (χ0n) is 17.9. The number of hydrogen-bond acceptors (Lipinski definition) is 4. The van der Waals surface area contributed by atoms with Gasteiger partial charge < -0.3 is 4.74 Å². The molecule has 32 heavy (non-hydrogen) atoms. The van der Waals surface area contributed by atoms with E-state index in [0.717, 1.165) is 35.1 Å². The number of barbiturate groups is 1. The van der Waals surface area contributed by atoms with Crippen molar-refractivity contribution in [1.82, 2.24) is 5.32 Å². The average molecular weight is 520 g/mol. The summed E-state index contributed by atoms with van der Waals surface area (Å²) in [5.74, 6) is -0.928. The summed E-state index contributed by atoms with van der Waals surface area (Å²) in [4.78, 5) is 39.2. The molecule has 0 aliphatic carbocycles. The van der Waals surface area contributed by atoms with Crippen LogP contribution in [0.25, 0.3) is 6.08 Å². The highest BCUT2D eigenvalue weighted by atomic mass is 79.9. The zero-order chi connectivity index (χ0) is 23.3. The van der Waals surface area contributed by atoms with Crippen LogP contribution < -0.4 is 15.0 Å². The number of anilines is 1. The highest BCUT2D eigenvalue weighted by molar-refractivity contribution is 9.10. The number of carbonyl (C=O) groups excluding carboxylic acids is 3. The molecule has 2 aromatic rings. The fraction of sp³-hybridized carbons (Fsp3) is 0.292. The molecule has 0 radical (unpaired) electrons. The molecule has 1 aliphatic heterocycles. The molecular weight excluding hydrogens is 496 g/mol. The molecule has 2 aromatic carbocycles. The number of urea groups is 1. The van der Waals surface area contributed by atoms with E-state index in [9.17, 15) is 14.4 Å². The maximum absolute atomic E-state index is 13.2. The van der Waals surface area contributed by atoms with Crippen molar-refractivity contribution in [2.45, 2.75) is 39.5 Å². The van der Waals surface area contributed by atoms with Crippen LogP contribution >= 0.6 is 27.5 Å². The first-order chi connectivity index (χ1) is 15.3. The van der Waals surface area contributed by atoms with Gasteiger partial charge in [-0.05, 0) is 55.3 Å². The normalized spacial score (nSPS) is 15.3. The van der Waals surface area contributed by atoms with Crippen molar-refractivity contribution in [2.24, 2.45) is 0 Å². The second-order valence-corrected chi connectivity index (χ2v) is 8.83. The van der Waals surface area contributed by atoms with Gasteiger partial charge in [-0.3, -0.25) is 14.9 Å². The van der Waals surface area contributed by atoms with Crippen molar-refractivity contribution in [3.63, 3.8) is 0 Å². The van der Waals surface area contributed by atoms with E-state index in [1.165, 1.54) is 12.1 Å². The number of unbranched alkanes of at least 4 members (excludes halogenated alkanes) is 3. The van der Waals surface area contributed by atoms with Gasteiger partial charge in [-0.25, -0.2) is 9.69 Å². The Balaban J connectivity index is 1.94. The summed E-state index contributed by atoms with van der Waals surface area (Å²) in [5.41, 5.74) is 1.38. The minimum Gasteiger partial charge on any atom is -0.493 e. The Morgan fingerprint density at radius 1 is 1.09 bits per heavy atom. The lowest BCUT2D eigenvalue weighted by Gasteiger charge is -2.27. The number of halogens is 2. The molecule has 0 aromatic heterocycles. The van der Waals surface area contributed by atoms with Gasteiger partial charge in [0.25, 0.3) is 11.8 Å². The SMILES string of the molecule is CCCCCCOc1ccc(Br)cc1/C=C1\C(=O)NC(=O)N(c2cc(Cl)ccc2C)C1=O. The van der Waals surface area contributed by atoms with E-state index in [1.54, 1.807) is 31.2 Å². The van der Waals surface area contributed by atoms with Gasteiger partial charge >= 0.3 is 6.03 Å². The van der Waals surface area contributed by atoms with Gasteiger partial charge in [-0.1, -0.05) is 59.8 Å². The number of amides is 4. The van der Waals surface area contributed by atoms with Gasteiger partial charge in [-0.15, -0.1) is 0 Å². The monoisotopic (exact) mass is 518 g/mol. The molecule has 0 atom stereocenters. The predicted octanol–water partition coefficient (Wildman–Crippen LogP) is 6.04. The minimum absolute atomic E-state index is 0.169. The summed E-state index contributed by atoms with van der Waals surface area (Å²) in [6.45, 7) is 4.43. The Bertz CT molecular complexity index is 1080. The van der Waals surface area contributed by atoms with E-state index in [4.69, 9.17) is 16.3 Å². The van der Waals surface area contributed by atoms with Crippen LogP contribution in [-0.4, -0.2) is 24.5 Å². The van der Waals surface area contributed by atoms with Crippen molar-refractivity contribution in [3.05, 3.63) is 62.6 Å². The Hall–Kier alpha value is -2.64. The van der Waals surface area contributed by atoms with Crippen LogP contribution in [0, 0.1) is 6.92 Å². The predicted molar refractivity (Wildman–Crippen MR) is 129 cm³/mol. The van der Waals surface area contributed by atoms with Gasteiger partial charge in [0.2, 0.25) is 0 Å². The van der Waals surface area contributed by atoms with E-state index in [2.05, 4.69) is 28.2 Å². The van der Waals surface area contributed by atoms with Crippen LogP contribution in [0.4, 0.5) is 10.5 Å². The minimum atomic E-state index is -0.816. The topological polar surface area (TPSA) is 75.7 Å². The maximum Gasteiger partial charge on any atom is 0.335 e. The molecule has 168 valence electrons. The summed E-state index contributed by atoms with van der Waals surface area (Å²) < 4.78 is 6.68. The van der Waals surface area contributed by atoms with Gasteiger partial charge in [-0.2, -0.15) is 0 Å². The van der Waals surface area contributed by atoms with E-state index >= 15 is 0 Å². The highest BCUT2D eigenvalue weighted by Gasteiger charge is 2.37. The van der Waals surface area contributed by atoms with Crippen molar-refractivity contribution in [1.29, 1.82) is 0 Å². The number of rotatable bonds is 8. The highest BCUT2D eigenvalue weighted by Crippen LogP contribution is 2.30. The second-order valence-electron chi connectivity index (χ2n) is 7.48. The molecule has 1 aliphatic rings. The fourth-order valence-electron chi connectivity index (χ4n) is 3.33. The molecule has 1 saturated heterocycles. The lowest BCUT2D eigenvalue weighted by Crippen LogP contribution is -2.54. The standard InChI is InChI=1S/C24H24BrClN2O4/c1-3-4-5-6-11-32-21-10-8-17(25)12-16(21)13-19-22(29)27-24(31)28(23(19)30)20-14-18(26)9-7-15(20)2/h7-10,12-14H,3-6,11H2,1-2H3,(H,27,29,31)/b19-13+. The number of imide groups is 2. The molecule has 1 heterocycles. The molecule has 3 rings (SSSR count). The van der Waals surface area contributed by atoms with E-state index in [0.29, 0.717) is 34.2 Å². The number of carbonyl (C=O) groups is 3. The summed E-state index contributed by atoms with van der Waals surface area (Å²) in [6, 6.07) is 9.45. The maximum atomic E-state index is 13.2. The Morgan fingerprint density at radius 3 is 2.62 bits per heavy atom. The number of ether oxygens (including phenoxy) is 1. The summed E-state index contributed by atoms with van der Waals surface area (Å²) in [5, 5.41) is 2.61.